The van der Waals surface area contributed by atoms with E-state index in [0.29, 0.717) is 3.57 Å². The minimum Gasteiger partial charge on any atom is -0.385 e. The molecule has 0 saturated carbocycles. The van der Waals surface area contributed by atoms with Gasteiger partial charge >= 0.3 is 6.18 Å². The van der Waals surface area contributed by atoms with Gasteiger partial charge in [0.2, 0.25) is 0 Å². The Hall–Kier alpha value is -1.86. The molecule has 0 aromatic heterocycles. The minimum absolute atomic E-state index is 0.0652. The first kappa shape index (κ1) is 23.8. The van der Waals surface area contributed by atoms with Crippen LogP contribution in [0.5, 0.6) is 0 Å². The maximum absolute atomic E-state index is 14.5. The highest BCUT2D eigenvalue weighted by Gasteiger charge is 2.44. The van der Waals surface area contributed by atoms with Crippen LogP contribution in [0, 0.1) is 21.0 Å². The van der Waals surface area contributed by atoms with Crippen molar-refractivity contribution in [3.05, 3.63) is 68.0 Å². The van der Waals surface area contributed by atoms with Crippen LogP contribution in [0.1, 0.15) is 21.5 Å². The minimum atomic E-state index is -4.44. The van der Waals surface area contributed by atoms with Gasteiger partial charge in [-0.2, -0.15) is 13.2 Å². The van der Waals surface area contributed by atoms with Gasteiger partial charge in [-0.3, -0.25) is 4.79 Å². The number of hydrogen-bond acceptors (Lipinski definition) is 3. The number of carbonyl (C=O) groups excluding carboxylic acids is 1. The van der Waals surface area contributed by atoms with Crippen LogP contribution in [-0.4, -0.2) is 53.9 Å². The van der Waals surface area contributed by atoms with E-state index in [1.54, 1.807) is 6.07 Å². The third-order valence-corrected chi connectivity index (χ3v) is 5.52. The number of rotatable bonds is 6. The fraction of sp³-hybridized carbons (Fsp3) is 0.350. The van der Waals surface area contributed by atoms with Crippen LogP contribution in [0.4, 0.5) is 26.3 Å². The molecule has 1 aliphatic heterocycles. The van der Waals surface area contributed by atoms with Gasteiger partial charge in [0, 0.05) is 27.7 Å². The summed E-state index contributed by atoms with van der Waals surface area (Å²) in [4.78, 5) is 13.9. The molecule has 0 radical (unpaired) electrons. The van der Waals surface area contributed by atoms with Crippen LogP contribution in [0.3, 0.4) is 0 Å². The molecule has 0 spiro atoms. The van der Waals surface area contributed by atoms with E-state index < -0.39 is 48.2 Å². The van der Waals surface area contributed by atoms with Crippen LogP contribution in [-0.2, 0) is 6.42 Å². The van der Waals surface area contributed by atoms with Crippen molar-refractivity contribution in [3.8, 4) is 0 Å². The molecule has 0 bridgehead atoms. The van der Waals surface area contributed by atoms with Crippen molar-refractivity contribution in [3.63, 3.8) is 0 Å². The maximum atomic E-state index is 14.5. The number of likely N-dealkylation sites (tertiary alicyclic amines) is 1. The molecular weight excluding hydrogens is 541 g/mol. The van der Waals surface area contributed by atoms with E-state index in [9.17, 15) is 36.2 Å². The molecule has 2 aromatic rings. The zero-order chi connectivity index (χ0) is 23.0. The highest BCUT2D eigenvalue weighted by molar-refractivity contribution is 14.1. The maximum Gasteiger partial charge on any atom is 0.401 e. The Balaban J connectivity index is 1.76. The van der Waals surface area contributed by atoms with E-state index in [-0.39, 0.29) is 36.2 Å². The number of β-amino-alcohol motifs (C(OH)–C–C–N with tert-alkyl or cyclic N) is 1. The average Bonchev–Trinajstić information content (AvgIpc) is 2.64. The Kier molecular flexibility index (Phi) is 6.87. The van der Waals surface area contributed by atoms with Gasteiger partial charge in [0.05, 0.1) is 19.6 Å². The Labute approximate surface area is 187 Å². The number of benzene rings is 2. The molecule has 4 nitrogen and oxygen atoms in total. The molecule has 1 saturated heterocycles. The molecule has 1 amide bonds. The Morgan fingerprint density at radius 1 is 1.13 bits per heavy atom. The van der Waals surface area contributed by atoms with Crippen molar-refractivity contribution in [2.24, 2.45) is 0 Å². The molecule has 1 heterocycles. The summed E-state index contributed by atoms with van der Waals surface area (Å²) < 4.78 is 79.8. The third-order valence-electron chi connectivity index (χ3n) is 4.85. The van der Waals surface area contributed by atoms with Crippen molar-refractivity contribution < 1.29 is 36.2 Å². The highest BCUT2D eigenvalue weighted by Crippen LogP contribution is 2.28. The molecule has 2 aromatic carbocycles. The quantitative estimate of drug-likeness (QED) is 0.421. The smallest absolute Gasteiger partial charge is 0.385 e. The second-order valence-electron chi connectivity index (χ2n) is 7.40. The zero-order valence-electron chi connectivity index (χ0n) is 15.9. The highest BCUT2D eigenvalue weighted by atomic mass is 127. The first-order chi connectivity index (χ1) is 14.4. The van der Waals surface area contributed by atoms with Crippen molar-refractivity contribution >= 4 is 28.5 Å². The molecule has 3 rings (SSSR count). The second-order valence-corrected chi connectivity index (χ2v) is 8.65. The molecule has 0 aliphatic carbocycles. The van der Waals surface area contributed by atoms with E-state index in [1.807, 2.05) is 22.6 Å². The van der Waals surface area contributed by atoms with Crippen LogP contribution < -0.4 is 5.32 Å². The number of hydrogen-bond donors (Lipinski definition) is 2. The molecule has 0 atom stereocenters. The molecular formula is C20H17F6IN2O2. The lowest BCUT2D eigenvalue weighted by molar-refractivity contribution is -0.131. The number of halogens is 7. The van der Waals surface area contributed by atoms with Gasteiger partial charge in [0.25, 0.3) is 5.91 Å². The lowest BCUT2D eigenvalue weighted by Gasteiger charge is -2.46. The Bertz CT molecular complexity index is 992. The van der Waals surface area contributed by atoms with E-state index in [4.69, 9.17) is 0 Å². The zero-order valence-corrected chi connectivity index (χ0v) is 18.0. The molecule has 168 valence electrons. The number of aliphatic hydroxyl groups is 1. The van der Waals surface area contributed by atoms with E-state index >= 15 is 0 Å². The first-order valence-electron chi connectivity index (χ1n) is 9.08. The monoisotopic (exact) mass is 558 g/mol. The summed E-state index contributed by atoms with van der Waals surface area (Å²) in [5.41, 5.74) is -2.05. The number of nitrogens with one attached hydrogen (secondary N) is 1. The summed E-state index contributed by atoms with van der Waals surface area (Å²) in [6, 6.07) is 6.05. The fourth-order valence-corrected chi connectivity index (χ4v) is 3.80. The van der Waals surface area contributed by atoms with Crippen molar-refractivity contribution in [2.75, 3.05) is 26.2 Å². The number of carbonyl (C=O) groups is 1. The van der Waals surface area contributed by atoms with Crippen LogP contribution in [0.15, 0.2) is 30.3 Å². The average molecular weight is 558 g/mol. The molecule has 1 aliphatic rings. The molecule has 0 unspecified atom stereocenters. The number of amides is 1. The standard InChI is InChI=1S/C20H17F6IN2O2/c21-15-4-3-13(14(17(15)23)5-11-1-2-12(27)6-16(11)22)18(30)29-9-19(31,10-29)7-28-8-20(24,25)26/h1-4,6,28,31H,5,7-10H2. The van der Waals surface area contributed by atoms with Gasteiger partial charge in [0.15, 0.2) is 11.6 Å². The normalized spacial score (nSPS) is 15.7. The second kappa shape index (κ2) is 8.94. The molecule has 31 heavy (non-hydrogen) atoms. The van der Waals surface area contributed by atoms with Crippen molar-refractivity contribution in [1.29, 1.82) is 0 Å². The third kappa shape index (κ3) is 5.69. The summed E-state index contributed by atoms with van der Waals surface area (Å²) >= 11 is 1.89. The van der Waals surface area contributed by atoms with Crippen LogP contribution in [0.2, 0.25) is 0 Å². The van der Waals surface area contributed by atoms with Gasteiger partial charge in [-0.05, 0) is 52.4 Å². The van der Waals surface area contributed by atoms with Gasteiger partial charge in [-0.25, -0.2) is 13.2 Å². The van der Waals surface area contributed by atoms with Gasteiger partial charge < -0.3 is 15.3 Å². The van der Waals surface area contributed by atoms with E-state index in [1.165, 1.54) is 12.1 Å². The number of alkyl halides is 3. The lowest BCUT2D eigenvalue weighted by atomic mass is 9.91. The molecule has 1 fully saturated rings. The van der Waals surface area contributed by atoms with Gasteiger partial charge in [-0.15, -0.1) is 0 Å². The van der Waals surface area contributed by atoms with Gasteiger partial charge in [-0.1, -0.05) is 6.07 Å². The Morgan fingerprint density at radius 2 is 1.81 bits per heavy atom. The summed E-state index contributed by atoms with van der Waals surface area (Å²) in [5.74, 6) is -3.86. The predicted molar refractivity (Wildman–Crippen MR) is 108 cm³/mol. The lowest BCUT2D eigenvalue weighted by Crippen LogP contribution is -2.67. The first-order valence-corrected chi connectivity index (χ1v) is 10.2. The predicted octanol–water partition coefficient (Wildman–Crippen LogP) is 3.64. The Morgan fingerprint density at radius 3 is 2.42 bits per heavy atom. The van der Waals surface area contributed by atoms with Crippen LogP contribution in [0.25, 0.3) is 0 Å². The van der Waals surface area contributed by atoms with Gasteiger partial charge in [0.1, 0.15) is 11.4 Å². The molecule has 11 heteroatoms. The van der Waals surface area contributed by atoms with Crippen LogP contribution >= 0.6 is 22.6 Å². The number of nitrogens with zero attached hydrogens (tertiary/aromatic N) is 1. The SMILES string of the molecule is O=C(c1ccc(F)c(F)c1Cc1ccc(I)cc1F)N1CC(O)(CNCC(F)(F)F)C1. The molecule has 2 N–H and O–H groups in total. The summed E-state index contributed by atoms with van der Waals surface area (Å²) in [6.45, 7) is -2.26. The van der Waals surface area contributed by atoms with Crippen molar-refractivity contribution in [1.82, 2.24) is 10.2 Å². The summed E-state index contributed by atoms with van der Waals surface area (Å²) in [7, 11) is 0. The van der Waals surface area contributed by atoms with E-state index in [0.717, 1.165) is 17.0 Å². The van der Waals surface area contributed by atoms with E-state index in [2.05, 4.69) is 5.32 Å². The summed E-state index contributed by atoms with van der Waals surface area (Å²) in [6.07, 6.45) is -4.82. The van der Waals surface area contributed by atoms with Crippen molar-refractivity contribution in [2.45, 2.75) is 18.2 Å². The topological polar surface area (TPSA) is 52.6 Å². The fourth-order valence-electron chi connectivity index (χ4n) is 3.35. The summed E-state index contributed by atoms with van der Waals surface area (Å²) in [5, 5.41) is 12.3. The largest absolute Gasteiger partial charge is 0.401 e.